The van der Waals surface area contributed by atoms with Crippen molar-refractivity contribution in [3.05, 3.63) is 29.3 Å². The highest BCUT2D eigenvalue weighted by Gasteiger charge is 2.21. The molecular weight excluding hydrogens is 238 g/mol. The molecule has 1 saturated carbocycles. The van der Waals surface area contributed by atoms with Gasteiger partial charge in [0.2, 0.25) is 0 Å². The van der Waals surface area contributed by atoms with Crippen LogP contribution >= 0.6 is 0 Å². The molecule has 0 spiro atoms. The predicted molar refractivity (Wildman–Crippen MR) is 77.8 cm³/mol. The Bertz CT molecular complexity index is 450. The highest BCUT2D eigenvalue weighted by atomic mass is 16.4. The summed E-state index contributed by atoms with van der Waals surface area (Å²) >= 11 is 0. The molecule has 0 aliphatic heterocycles. The van der Waals surface area contributed by atoms with Gasteiger partial charge in [-0.15, -0.1) is 0 Å². The molecule has 1 atom stereocenters. The zero-order valence-electron chi connectivity index (χ0n) is 11.8. The van der Waals surface area contributed by atoms with Gasteiger partial charge in [0.25, 0.3) is 0 Å². The lowest BCUT2D eigenvalue weighted by Gasteiger charge is -2.29. The van der Waals surface area contributed by atoms with Crippen LogP contribution in [0.5, 0.6) is 0 Å². The Kier molecular flexibility index (Phi) is 4.46. The number of hydrogen-bond donors (Lipinski definition) is 2. The number of carboxylic acid groups (broad SMARTS) is 1. The Balaban J connectivity index is 2.11. The van der Waals surface area contributed by atoms with Gasteiger partial charge >= 0.3 is 5.97 Å². The average Bonchev–Trinajstić information content (AvgIpc) is 2.41. The van der Waals surface area contributed by atoms with Gasteiger partial charge in [-0.1, -0.05) is 30.9 Å². The molecule has 1 aromatic rings. The summed E-state index contributed by atoms with van der Waals surface area (Å²) in [6.45, 7) is 4.09. The number of aromatic carboxylic acids is 1. The molecule has 19 heavy (non-hydrogen) atoms. The number of hydrogen-bond acceptors (Lipinski definition) is 2. The van der Waals surface area contributed by atoms with Crippen LogP contribution in [0, 0.1) is 12.8 Å². The minimum Gasteiger partial charge on any atom is -0.478 e. The van der Waals surface area contributed by atoms with Crippen LogP contribution in [-0.2, 0) is 0 Å². The molecule has 0 radical (unpaired) electrons. The SMILES string of the molecule is Cc1ccc(NC(C)C2CCCCC2)c(C(=O)O)c1. The summed E-state index contributed by atoms with van der Waals surface area (Å²) in [4.78, 5) is 11.3. The van der Waals surface area contributed by atoms with Gasteiger partial charge in [-0.2, -0.15) is 0 Å². The number of rotatable bonds is 4. The van der Waals surface area contributed by atoms with Gasteiger partial charge in [-0.05, 0) is 44.7 Å². The first-order valence-electron chi connectivity index (χ1n) is 7.18. The van der Waals surface area contributed by atoms with Gasteiger partial charge in [0, 0.05) is 11.7 Å². The molecule has 0 heterocycles. The maximum Gasteiger partial charge on any atom is 0.337 e. The molecule has 1 aliphatic rings. The fraction of sp³-hybridized carbons (Fsp3) is 0.562. The fourth-order valence-corrected chi connectivity index (χ4v) is 2.96. The van der Waals surface area contributed by atoms with Crippen LogP contribution in [0.2, 0.25) is 0 Å². The summed E-state index contributed by atoms with van der Waals surface area (Å²) in [5.74, 6) is -0.196. The predicted octanol–water partition coefficient (Wildman–Crippen LogP) is 4.07. The summed E-state index contributed by atoms with van der Waals surface area (Å²) in [7, 11) is 0. The van der Waals surface area contributed by atoms with E-state index in [9.17, 15) is 9.90 Å². The first-order valence-corrected chi connectivity index (χ1v) is 7.18. The minimum atomic E-state index is -0.859. The van der Waals surface area contributed by atoms with Crippen molar-refractivity contribution in [1.29, 1.82) is 0 Å². The van der Waals surface area contributed by atoms with Crippen LogP contribution in [-0.4, -0.2) is 17.1 Å². The normalized spacial score (nSPS) is 18.0. The Morgan fingerprint density at radius 1 is 1.32 bits per heavy atom. The molecule has 0 saturated heterocycles. The van der Waals surface area contributed by atoms with E-state index in [1.165, 1.54) is 32.1 Å². The quantitative estimate of drug-likeness (QED) is 0.858. The summed E-state index contributed by atoms with van der Waals surface area (Å²) in [6, 6.07) is 5.92. The number of aryl methyl sites for hydroxylation is 1. The summed E-state index contributed by atoms with van der Waals surface area (Å²) in [5.41, 5.74) is 2.10. The molecule has 3 nitrogen and oxygen atoms in total. The van der Waals surface area contributed by atoms with Crippen LogP contribution in [0.1, 0.15) is 54.9 Å². The lowest BCUT2D eigenvalue weighted by molar-refractivity contribution is 0.0697. The van der Waals surface area contributed by atoms with E-state index >= 15 is 0 Å². The van der Waals surface area contributed by atoms with E-state index in [1.54, 1.807) is 6.07 Å². The van der Waals surface area contributed by atoms with Crippen LogP contribution in [0.25, 0.3) is 0 Å². The average molecular weight is 261 g/mol. The Hall–Kier alpha value is -1.51. The lowest BCUT2D eigenvalue weighted by atomic mass is 9.84. The monoisotopic (exact) mass is 261 g/mol. The van der Waals surface area contributed by atoms with E-state index < -0.39 is 5.97 Å². The number of carboxylic acids is 1. The maximum absolute atomic E-state index is 11.3. The first kappa shape index (κ1) is 13.9. The second kappa shape index (κ2) is 6.09. The van der Waals surface area contributed by atoms with Crippen molar-refractivity contribution < 1.29 is 9.90 Å². The Morgan fingerprint density at radius 3 is 2.63 bits per heavy atom. The second-order valence-electron chi connectivity index (χ2n) is 5.69. The van der Waals surface area contributed by atoms with E-state index in [2.05, 4.69) is 12.2 Å². The van der Waals surface area contributed by atoms with E-state index in [4.69, 9.17) is 0 Å². The summed E-state index contributed by atoms with van der Waals surface area (Å²) in [6.07, 6.45) is 6.45. The third kappa shape index (κ3) is 3.49. The van der Waals surface area contributed by atoms with Crippen LogP contribution < -0.4 is 5.32 Å². The summed E-state index contributed by atoms with van der Waals surface area (Å²) < 4.78 is 0. The van der Waals surface area contributed by atoms with Crippen molar-refractivity contribution in [2.24, 2.45) is 5.92 Å². The van der Waals surface area contributed by atoms with Crippen molar-refractivity contribution >= 4 is 11.7 Å². The van der Waals surface area contributed by atoms with E-state index in [0.717, 1.165) is 11.3 Å². The molecular formula is C16H23NO2. The van der Waals surface area contributed by atoms with Crippen molar-refractivity contribution in [2.45, 2.75) is 52.0 Å². The lowest BCUT2D eigenvalue weighted by Crippen LogP contribution is -2.28. The molecule has 1 aliphatic carbocycles. The largest absolute Gasteiger partial charge is 0.478 e. The van der Waals surface area contributed by atoms with Gasteiger partial charge < -0.3 is 10.4 Å². The molecule has 2 rings (SSSR count). The zero-order valence-corrected chi connectivity index (χ0v) is 11.8. The van der Waals surface area contributed by atoms with Gasteiger partial charge in [0.1, 0.15) is 0 Å². The molecule has 104 valence electrons. The minimum absolute atomic E-state index is 0.334. The van der Waals surface area contributed by atoms with Gasteiger partial charge in [-0.25, -0.2) is 4.79 Å². The first-order chi connectivity index (χ1) is 9.08. The molecule has 3 heteroatoms. The van der Waals surface area contributed by atoms with Gasteiger partial charge in [0.15, 0.2) is 0 Å². The highest BCUT2D eigenvalue weighted by molar-refractivity contribution is 5.94. The van der Waals surface area contributed by atoms with Gasteiger partial charge in [0.05, 0.1) is 5.56 Å². The number of carbonyl (C=O) groups is 1. The topological polar surface area (TPSA) is 49.3 Å². The fourth-order valence-electron chi connectivity index (χ4n) is 2.96. The smallest absolute Gasteiger partial charge is 0.337 e. The second-order valence-corrected chi connectivity index (χ2v) is 5.69. The van der Waals surface area contributed by atoms with Crippen molar-refractivity contribution in [3.8, 4) is 0 Å². The van der Waals surface area contributed by atoms with Crippen LogP contribution in [0.15, 0.2) is 18.2 Å². The van der Waals surface area contributed by atoms with E-state index in [-0.39, 0.29) is 0 Å². The number of anilines is 1. The Morgan fingerprint density at radius 2 is 2.00 bits per heavy atom. The maximum atomic E-state index is 11.3. The molecule has 2 N–H and O–H groups in total. The van der Waals surface area contributed by atoms with Crippen molar-refractivity contribution in [3.63, 3.8) is 0 Å². The molecule has 1 fully saturated rings. The standard InChI is InChI=1S/C16H23NO2/c1-11-8-9-15(14(10-11)16(18)19)17-12(2)13-6-4-3-5-7-13/h8-10,12-13,17H,3-7H2,1-2H3,(H,18,19). The highest BCUT2D eigenvalue weighted by Crippen LogP contribution is 2.29. The van der Waals surface area contributed by atoms with E-state index in [0.29, 0.717) is 17.5 Å². The third-order valence-electron chi connectivity index (χ3n) is 4.15. The number of nitrogens with one attached hydrogen (secondary N) is 1. The van der Waals surface area contributed by atoms with Crippen molar-refractivity contribution in [2.75, 3.05) is 5.32 Å². The number of benzene rings is 1. The molecule has 0 bridgehead atoms. The molecule has 1 aromatic carbocycles. The van der Waals surface area contributed by atoms with Crippen LogP contribution in [0.4, 0.5) is 5.69 Å². The summed E-state index contributed by atoms with van der Waals surface area (Å²) in [5, 5.41) is 12.7. The molecule has 0 aromatic heterocycles. The van der Waals surface area contributed by atoms with Crippen molar-refractivity contribution in [1.82, 2.24) is 0 Å². The Labute approximate surface area is 115 Å². The zero-order chi connectivity index (χ0) is 13.8. The van der Waals surface area contributed by atoms with Gasteiger partial charge in [-0.3, -0.25) is 0 Å². The molecule has 1 unspecified atom stereocenters. The third-order valence-corrected chi connectivity index (χ3v) is 4.15. The van der Waals surface area contributed by atoms with E-state index in [1.807, 2.05) is 19.1 Å². The molecule has 0 amide bonds. The van der Waals surface area contributed by atoms with Crippen LogP contribution in [0.3, 0.4) is 0 Å².